The molecule has 0 heterocycles. The lowest BCUT2D eigenvalue weighted by molar-refractivity contribution is -0.137. The summed E-state index contributed by atoms with van der Waals surface area (Å²) in [6.07, 6.45) is -3.76. The fourth-order valence-electron chi connectivity index (χ4n) is 1.66. The highest BCUT2D eigenvalue weighted by atomic mass is 19.4. The number of hydrogen-bond donors (Lipinski definition) is 1. The van der Waals surface area contributed by atoms with Crippen LogP contribution in [0.4, 0.5) is 18.9 Å². The van der Waals surface area contributed by atoms with Crippen molar-refractivity contribution in [1.82, 2.24) is 0 Å². The van der Waals surface area contributed by atoms with Gasteiger partial charge in [-0.2, -0.15) is 13.2 Å². The summed E-state index contributed by atoms with van der Waals surface area (Å²) in [6, 6.07) is 10.0. The van der Waals surface area contributed by atoms with Crippen molar-refractivity contribution in [2.24, 2.45) is 0 Å². The summed E-state index contributed by atoms with van der Waals surface area (Å²) >= 11 is 0. The molecule has 2 aromatic carbocycles. The van der Waals surface area contributed by atoms with E-state index in [9.17, 15) is 22.8 Å². The second-order valence-electron chi connectivity index (χ2n) is 4.27. The molecule has 0 saturated heterocycles. The van der Waals surface area contributed by atoms with Gasteiger partial charge in [-0.1, -0.05) is 0 Å². The Morgan fingerprint density at radius 3 is 2.00 bits per heavy atom. The normalized spacial score (nSPS) is 11.0. The highest BCUT2D eigenvalue weighted by Crippen LogP contribution is 2.29. The van der Waals surface area contributed by atoms with Gasteiger partial charge in [0, 0.05) is 16.8 Å². The van der Waals surface area contributed by atoms with Gasteiger partial charge in [0.25, 0.3) is 5.91 Å². The summed E-state index contributed by atoms with van der Waals surface area (Å²) in [5, 5.41) is 2.53. The Kier molecular flexibility index (Phi) is 4.07. The van der Waals surface area contributed by atoms with Crippen LogP contribution in [0.25, 0.3) is 0 Å². The first-order chi connectivity index (χ1) is 9.90. The van der Waals surface area contributed by atoms with Crippen LogP contribution in [-0.4, -0.2) is 12.2 Å². The summed E-state index contributed by atoms with van der Waals surface area (Å²) in [7, 11) is 0. The number of carbonyl (C=O) groups excluding carboxylic acids is 2. The van der Waals surface area contributed by atoms with E-state index < -0.39 is 17.6 Å². The molecule has 21 heavy (non-hydrogen) atoms. The van der Waals surface area contributed by atoms with Crippen molar-refractivity contribution in [3.05, 3.63) is 65.2 Å². The van der Waals surface area contributed by atoms with E-state index in [-0.39, 0.29) is 5.56 Å². The Morgan fingerprint density at radius 1 is 0.952 bits per heavy atom. The van der Waals surface area contributed by atoms with Crippen LogP contribution >= 0.6 is 0 Å². The fourth-order valence-corrected chi connectivity index (χ4v) is 1.66. The first kappa shape index (κ1) is 14.8. The molecule has 0 atom stereocenters. The third-order valence-electron chi connectivity index (χ3n) is 2.78. The van der Waals surface area contributed by atoms with Gasteiger partial charge in [0.1, 0.15) is 6.29 Å². The molecule has 0 aromatic heterocycles. The van der Waals surface area contributed by atoms with Gasteiger partial charge < -0.3 is 5.32 Å². The Balaban J connectivity index is 2.11. The zero-order valence-corrected chi connectivity index (χ0v) is 10.6. The molecule has 0 aliphatic carbocycles. The van der Waals surface area contributed by atoms with E-state index in [0.29, 0.717) is 17.5 Å². The average molecular weight is 293 g/mol. The number of halogens is 3. The number of rotatable bonds is 3. The average Bonchev–Trinajstić information content (AvgIpc) is 2.47. The third-order valence-corrected chi connectivity index (χ3v) is 2.78. The summed E-state index contributed by atoms with van der Waals surface area (Å²) in [4.78, 5) is 22.4. The van der Waals surface area contributed by atoms with Crippen LogP contribution in [0.15, 0.2) is 48.5 Å². The summed E-state index contributed by atoms with van der Waals surface area (Å²) < 4.78 is 37.2. The molecule has 6 heteroatoms. The standard InChI is InChI=1S/C15H10F3NO2/c16-15(17,18)12-5-3-11(4-6-12)14(21)19-13-7-1-10(9-20)2-8-13/h1-9H,(H,19,21). The fraction of sp³-hybridized carbons (Fsp3) is 0.0667. The van der Waals surface area contributed by atoms with Crippen molar-refractivity contribution in [3.63, 3.8) is 0 Å². The van der Waals surface area contributed by atoms with Gasteiger partial charge in [-0.25, -0.2) is 0 Å². The van der Waals surface area contributed by atoms with E-state index >= 15 is 0 Å². The lowest BCUT2D eigenvalue weighted by Gasteiger charge is -2.08. The smallest absolute Gasteiger partial charge is 0.322 e. The predicted octanol–water partition coefficient (Wildman–Crippen LogP) is 3.77. The molecule has 108 valence electrons. The van der Waals surface area contributed by atoms with E-state index in [0.717, 1.165) is 24.3 Å². The summed E-state index contributed by atoms with van der Waals surface area (Å²) in [6.45, 7) is 0. The van der Waals surface area contributed by atoms with Crippen molar-refractivity contribution in [1.29, 1.82) is 0 Å². The Hall–Kier alpha value is -2.63. The molecule has 0 saturated carbocycles. The second kappa shape index (κ2) is 5.78. The first-order valence-electron chi connectivity index (χ1n) is 5.94. The zero-order chi connectivity index (χ0) is 15.5. The number of anilines is 1. The van der Waals surface area contributed by atoms with Gasteiger partial charge in [-0.05, 0) is 48.5 Å². The third kappa shape index (κ3) is 3.68. The number of nitrogens with one attached hydrogen (secondary N) is 1. The van der Waals surface area contributed by atoms with Gasteiger partial charge in [0.15, 0.2) is 0 Å². The van der Waals surface area contributed by atoms with Gasteiger partial charge in [-0.15, -0.1) is 0 Å². The van der Waals surface area contributed by atoms with Crippen molar-refractivity contribution < 1.29 is 22.8 Å². The predicted molar refractivity (Wildman–Crippen MR) is 71.2 cm³/mol. The number of aldehydes is 1. The number of amides is 1. The molecule has 0 spiro atoms. The lowest BCUT2D eigenvalue weighted by Crippen LogP contribution is -2.12. The number of benzene rings is 2. The van der Waals surface area contributed by atoms with E-state index in [1.165, 1.54) is 24.3 Å². The molecule has 1 N–H and O–H groups in total. The van der Waals surface area contributed by atoms with Crippen molar-refractivity contribution >= 4 is 17.9 Å². The molecule has 1 amide bonds. The molecular weight excluding hydrogens is 283 g/mol. The maximum absolute atomic E-state index is 12.4. The van der Waals surface area contributed by atoms with E-state index in [1.807, 2.05) is 0 Å². The van der Waals surface area contributed by atoms with Gasteiger partial charge >= 0.3 is 6.18 Å². The molecular formula is C15H10F3NO2. The number of hydrogen-bond acceptors (Lipinski definition) is 2. The topological polar surface area (TPSA) is 46.2 Å². The zero-order valence-electron chi connectivity index (χ0n) is 10.6. The number of alkyl halides is 3. The molecule has 2 rings (SSSR count). The van der Waals surface area contributed by atoms with Crippen molar-refractivity contribution in [2.45, 2.75) is 6.18 Å². The SMILES string of the molecule is O=Cc1ccc(NC(=O)c2ccc(C(F)(F)F)cc2)cc1. The van der Waals surface area contributed by atoms with Crippen LogP contribution in [0.5, 0.6) is 0 Å². The molecule has 0 unspecified atom stereocenters. The molecule has 0 radical (unpaired) electrons. The van der Waals surface area contributed by atoms with Crippen LogP contribution < -0.4 is 5.32 Å². The van der Waals surface area contributed by atoms with Crippen molar-refractivity contribution in [3.8, 4) is 0 Å². The van der Waals surface area contributed by atoms with Crippen LogP contribution in [0.2, 0.25) is 0 Å². The van der Waals surface area contributed by atoms with Crippen LogP contribution in [0.3, 0.4) is 0 Å². The maximum atomic E-state index is 12.4. The van der Waals surface area contributed by atoms with E-state index in [1.54, 1.807) is 0 Å². The Labute approximate surface area is 118 Å². The van der Waals surface area contributed by atoms with Crippen molar-refractivity contribution in [2.75, 3.05) is 5.32 Å². The highest BCUT2D eigenvalue weighted by Gasteiger charge is 2.30. The quantitative estimate of drug-likeness (QED) is 0.876. The largest absolute Gasteiger partial charge is 0.416 e. The van der Waals surface area contributed by atoms with Crippen LogP contribution in [0, 0.1) is 0 Å². The monoisotopic (exact) mass is 293 g/mol. The first-order valence-corrected chi connectivity index (χ1v) is 5.94. The maximum Gasteiger partial charge on any atom is 0.416 e. The van der Waals surface area contributed by atoms with Crippen LogP contribution in [-0.2, 0) is 6.18 Å². The van der Waals surface area contributed by atoms with Crippen LogP contribution in [0.1, 0.15) is 26.3 Å². The molecule has 3 nitrogen and oxygen atoms in total. The van der Waals surface area contributed by atoms with Gasteiger partial charge in [0.05, 0.1) is 5.56 Å². The van der Waals surface area contributed by atoms with E-state index in [2.05, 4.69) is 5.32 Å². The minimum Gasteiger partial charge on any atom is -0.322 e. The molecule has 0 fully saturated rings. The Bertz CT molecular complexity index is 646. The Morgan fingerprint density at radius 2 is 1.52 bits per heavy atom. The summed E-state index contributed by atoms with van der Waals surface area (Å²) in [5.74, 6) is -0.525. The second-order valence-corrected chi connectivity index (χ2v) is 4.27. The highest BCUT2D eigenvalue weighted by molar-refractivity contribution is 6.04. The summed E-state index contributed by atoms with van der Waals surface area (Å²) in [5.41, 5.74) is 0.213. The lowest BCUT2D eigenvalue weighted by atomic mass is 10.1. The minimum atomic E-state index is -4.43. The molecule has 0 aliphatic heterocycles. The van der Waals surface area contributed by atoms with Gasteiger partial charge in [0.2, 0.25) is 0 Å². The van der Waals surface area contributed by atoms with Gasteiger partial charge in [-0.3, -0.25) is 9.59 Å². The number of carbonyl (C=O) groups is 2. The van der Waals surface area contributed by atoms with E-state index in [4.69, 9.17) is 0 Å². The molecule has 0 aliphatic rings. The molecule has 0 bridgehead atoms. The molecule has 2 aromatic rings. The minimum absolute atomic E-state index is 0.113.